The molecule has 162 valence electrons. The fourth-order valence-corrected chi connectivity index (χ4v) is 4.79. The number of hydrogen-bond acceptors (Lipinski definition) is 4. The lowest BCUT2D eigenvalue weighted by Gasteiger charge is -2.32. The lowest BCUT2D eigenvalue weighted by molar-refractivity contribution is 0.0418. The number of cyclic esters (lactones) is 1. The molecule has 2 aromatic carbocycles. The molecule has 0 fully saturated rings. The van der Waals surface area contributed by atoms with Gasteiger partial charge < -0.3 is 14.0 Å². The minimum atomic E-state index is -1.07. The van der Waals surface area contributed by atoms with Crippen LogP contribution in [0.15, 0.2) is 41.3 Å². The Morgan fingerprint density at radius 3 is 2.60 bits per heavy atom. The quantitative estimate of drug-likeness (QED) is 0.334. The highest BCUT2D eigenvalue weighted by Crippen LogP contribution is 2.37. The number of hydrogen-bond donors (Lipinski definition) is 1. The molecule has 1 N–H and O–H groups in total. The second-order valence-corrected chi connectivity index (χ2v) is 10.0. The van der Waals surface area contributed by atoms with Crippen LogP contribution in [0.25, 0.3) is 0 Å². The Bertz CT molecular complexity index is 907. The van der Waals surface area contributed by atoms with Gasteiger partial charge in [0.05, 0.1) is 22.3 Å². The number of amides is 1. The van der Waals surface area contributed by atoms with Gasteiger partial charge in [-0.15, -0.1) is 0 Å². The molecule has 0 radical (unpaired) electrons. The molecule has 0 saturated carbocycles. The fraction of sp³-hybridized carbons (Fsp3) is 0.409. The molecule has 0 aliphatic carbocycles. The van der Waals surface area contributed by atoms with Crippen LogP contribution in [-0.2, 0) is 21.5 Å². The van der Waals surface area contributed by atoms with Crippen LogP contribution in [0.4, 0.5) is 10.5 Å². The first-order chi connectivity index (χ1) is 14.3. The normalized spacial score (nSPS) is 15.7. The summed E-state index contributed by atoms with van der Waals surface area (Å²) in [6.07, 6.45) is 3.31. The summed E-state index contributed by atoms with van der Waals surface area (Å²) < 4.78 is 23.5. The maximum absolute atomic E-state index is 12.3. The third-order valence-corrected chi connectivity index (χ3v) is 7.05. The molecule has 2 aromatic rings. The van der Waals surface area contributed by atoms with Crippen molar-refractivity contribution in [3.05, 3.63) is 52.0 Å². The van der Waals surface area contributed by atoms with E-state index in [4.69, 9.17) is 32.7 Å². The first kappa shape index (κ1) is 23.1. The van der Waals surface area contributed by atoms with E-state index in [-0.39, 0.29) is 0 Å². The average molecular weight is 470 g/mol. The van der Waals surface area contributed by atoms with E-state index in [1.807, 2.05) is 32.0 Å². The molecule has 1 aliphatic rings. The molecule has 8 heteroatoms. The van der Waals surface area contributed by atoms with Crippen molar-refractivity contribution in [2.45, 2.75) is 50.0 Å². The van der Waals surface area contributed by atoms with Crippen LogP contribution in [-0.4, -0.2) is 23.0 Å². The number of carbonyl (C=O) groups is 1. The number of ether oxygens (including phenoxy) is 2. The van der Waals surface area contributed by atoms with Gasteiger partial charge in [-0.2, -0.15) is 0 Å². The molecule has 1 unspecified atom stereocenters. The van der Waals surface area contributed by atoms with Crippen LogP contribution in [0.5, 0.6) is 5.75 Å². The summed E-state index contributed by atoms with van der Waals surface area (Å²) in [5.74, 6) is 1.35. The third kappa shape index (κ3) is 5.97. The van der Waals surface area contributed by atoms with Crippen LogP contribution in [0.3, 0.4) is 0 Å². The van der Waals surface area contributed by atoms with Gasteiger partial charge in [0.15, 0.2) is 4.90 Å². The number of rotatable bonds is 9. The number of halogens is 2. The molecule has 1 aliphatic heterocycles. The Morgan fingerprint density at radius 1 is 1.07 bits per heavy atom. The summed E-state index contributed by atoms with van der Waals surface area (Å²) in [5, 5.41) is 3.60. The lowest BCUT2D eigenvalue weighted by Crippen LogP contribution is -2.34. The van der Waals surface area contributed by atoms with Crippen molar-refractivity contribution in [2.75, 3.05) is 17.7 Å². The van der Waals surface area contributed by atoms with Gasteiger partial charge in [-0.05, 0) is 81.0 Å². The third-order valence-electron chi connectivity index (χ3n) is 4.87. The van der Waals surface area contributed by atoms with E-state index in [9.17, 15) is 9.35 Å². The Kier molecular flexibility index (Phi) is 7.80. The van der Waals surface area contributed by atoms with Crippen LogP contribution < -0.4 is 10.1 Å². The van der Waals surface area contributed by atoms with Gasteiger partial charge in [-0.3, -0.25) is 5.32 Å². The second-order valence-electron chi connectivity index (χ2n) is 7.62. The van der Waals surface area contributed by atoms with E-state index in [1.165, 1.54) is 0 Å². The van der Waals surface area contributed by atoms with E-state index >= 15 is 0 Å². The maximum atomic E-state index is 12.3. The van der Waals surface area contributed by atoms with E-state index in [2.05, 4.69) is 5.32 Å². The lowest BCUT2D eigenvalue weighted by atomic mass is 9.94. The van der Waals surface area contributed by atoms with E-state index in [1.54, 1.807) is 18.2 Å². The summed E-state index contributed by atoms with van der Waals surface area (Å²) in [6.45, 7) is 4.31. The summed E-state index contributed by atoms with van der Waals surface area (Å²) in [7, 11) is 0. The SMILES string of the molecule is CC1(C)OC(=O)Nc2ccc(OCCCCCC[S+]([O-])c3ccc(Cl)c(Cl)c3)cc21. The summed E-state index contributed by atoms with van der Waals surface area (Å²) >= 11 is 10.8. The highest BCUT2D eigenvalue weighted by molar-refractivity contribution is 7.91. The van der Waals surface area contributed by atoms with E-state index in [0.29, 0.717) is 27.3 Å². The second kappa shape index (κ2) is 10.1. The van der Waals surface area contributed by atoms with Gasteiger partial charge in [0.2, 0.25) is 0 Å². The fourth-order valence-electron chi connectivity index (χ4n) is 3.26. The number of nitrogens with one attached hydrogen (secondary N) is 1. The topological polar surface area (TPSA) is 70.6 Å². The Labute approximate surface area is 190 Å². The molecule has 5 nitrogen and oxygen atoms in total. The molecule has 0 spiro atoms. The zero-order valence-corrected chi connectivity index (χ0v) is 19.3. The first-order valence-corrected chi connectivity index (χ1v) is 11.9. The van der Waals surface area contributed by atoms with Crippen molar-refractivity contribution in [1.29, 1.82) is 0 Å². The van der Waals surface area contributed by atoms with Crippen LogP contribution in [0.1, 0.15) is 45.1 Å². The van der Waals surface area contributed by atoms with Crippen LogP contribution in [0, 0.1) is 0 Å². The Hall–Kier alpha value is -1.60. The van der Waals surface area contributed by atoms with Gasteiger partial charge in [0.1, 0.15) is 17.1 Å². The number of anilines is 1. The van der Waals surface area contributed by atoms with Crippen LogP contribution >= 0.6 is 23.2 Å². The zero-order chi connectivity index (χ0) is 21.7. The highest BCUT2D eigenvalue weighted by atomic mass is 35.5. The molecule has 3 rings (SSSR count). The Balaban J connectivity index is 1.37. The number of fused-ring (bicyclic) bond motifs is 1. The van der Waals surface area contributed by atoms with Crippen molar-refractivity contribution in [1.82, 2.24) is 0 Å². The zero-order valence-electron chi connectivity index (χ0n) is 17.0. The largest absolute Gasteiger partial charge is 0.611 e. The highest BCUT2D eigenvalue weighted by Gasteiger charge is 2.33. The molecular weight excluding hydrogens is 445 g/mol. The first-order valence-electron chi connectivity index (χ1n) is 9.87. The number of unbranched alkanes of at least 4 members (excludes halogenated alkanes) is 3. The van der Waals surface area contributed by atoms with Crippen molar-refractivity contribution in [2.24, 2.45) is 0 Å². The Morgan fingerprint density at radius 2 is 1.83 bits per heavy atom. The average Bonchev–Trinajstić information content (AvgIpc) is 2.69. The van der Waals surface area contributed by atoms with Crippen molar-refractivity contribution < 1.29 is 18.8 Å². The predicted molar refractivity (Wildman–Crippen MR) is 121 cm³/mol. The molecule has 1 atom stereocenters. The van der Waals surface area contributed by atoms with Gasteiger partial charge in [0.25, 0.3) is 0 Å². The van der Waals surface area contributed by atoms with Gasteiger partial charge >= 0.3 is 6.09 Å². The van der Waals surface area contributed by atoms with E-state index < -0.39 is 22.9 Å². The maximum Gasteiger partial charge on any atom is 0.412 e. The minimum Gasteiger partial charge on any atom is -0.611 e. The smallest absolute Gasteiger partial charge is 0.412 e. The number of carbonyl (C=O) groups excluding carboxylic acids is 1. The molecule has 1 amide bonds. The van der Waals surface area contributed by atoms with Gasteiger partial charge in [-0.1, -0.05) is 23.2 Å². The monoisotopic (exact) mass is 469 g/mol. The predicted octanol–water partition coefficient (Wildman–Crippen LogP) is 6.54. The minimum absolute atomic E-state index is 0.430. The standard InChI is InChI=1S/C22H25Cl2NO4S/c1-22(2)17-13-15(7-10-20(17)25-21(26)29-22)28-11-5-3-4-6-12-30(27)16-8-9-18(23)19(24)14-16/h7-10,13-14H,3-6,11-12H2,1-2H3,(H,25,26). The van der Waals surface area contributed by atoms with Crippen molar-refractivity contribution in [3.8, 4) is 5.75 Å². The molecule has 0 bridgehead atoms. The molecule has 0 saturated heterocycles. The van der Waals surface area contributed by atoms with Crippen molar-refractivity contribution in [3.63, 3.8) is 0 Å². The molecule has 0 aromatic heterocycles. The summed E-state index contributed by atoms with van der Waals surface area (Å²) in [6, 6.07) is 10.7. The number of benzene rings is 2. The van der Waals surface area contributed by atoms with Gasteiger partial charge in [0, 0.05) is 11.6 Å². The summed E-state index contributed by atoms with van der Waals surface area (Å²) in [5.41, 5.74) is 0.948. The van der Waals surface area contributed by atoms with Gasteiger partial charge in [-0.25, -0.2) is 4.79 Å². The van der Waals surface area contributed by atoms with Crippen molar-refractivity contribution >= 4 is 46.2 Å². The molecular formula is C22H25Cl2NO4S. The molecule has 1 heterocycles. The van der Waals surface area contributed by atoms with Crippen LogP contribution in [0.2, 0.25) is 10.0 Å². The van der Waals surface area contributed by atoms with E-state index in [0.717, 1.165) is 42.7 Å². The molecule has 30 heavy (non-hydrogen) atoms. The summed E-state index contributed by atoms with van der Waals surface area (Å²) in [4.78, 5) is 12.3.